The fourth-order valence-corrected chi connectivity index (χ4v) is 5.69. The topological polar surface area (TPSA) is 130 Å². The minimum absolute atomic E-state index is 0.119. The quantitative estimate of drug-likeness (QED) is 0.194. The summed E-state index contributed by atoms with van der Waals surface area (Å²) >= 11 is 1.32. The van der Waals surface area contributed by atoms with Gasteiger partial charge < -0.3 is 28.2 Å². The van der Waals surface area contributed by atoms with Gasteiger partial charge in [0.05, 0.1) is 41.1 Å². The third kappa shape index (κ3) is 5.14. The van der Waals surface area contributed by atoms with Gasteiger partial charge in [-0.1, -0.05) is 6.07 Å². The van der Waals surface area contributed by atoms with Crippen LogP contribution in [0.1, 0.15) is 15.9 Å². The lowest BCUT2D eigenvalue weighted by Gasteiger charge is -2.15. The first-order valence-corrected chi connectivity index (χ1v) is 13.4. The SMILES string of the molecule is COc1ccc(-c2sc3cccc(OC)c3c2C(=O)c2cc(OC)c(OC)c(OC)c2)cc1OP(=O)(O)O. The number of hydrogen-bond donors (Lipinski definition) is 2. The number of carbonyl (C=O) groups excluding carboxylic acids is 1. The molecule has 3 aromatic carbocycles. The Hall–Kier alpha value is -3.76. The molecule has 0 fully saturated rings. The van der Waals surface area contributed by atoms with Crippen molar-refractivity contribution in [1.82, 2.24) is 0 Å². The molecule has 0 saturated carbocycles. The minimum atomic E-state index is -4.89. The Kier molecular flexibility index (Phi) is 7.84. The van der Waals surface area contributed by atoms with Crippen molar-refractivity contribution in [2.45, 2.75) is 0 Å². The molecule has 200 valence electrons. The third-order valence-electron chi connectivity index (χ3n) is 5.69. The highest BCUT2D eigenvalue weighted by molar-refractivity contribution is 7.46. The molecule has 0 saturated heterocycles. The number of carbonyl (C=O) groups is 1. The van der Waals surface area contributed by atoms with Crippen molar-refractivity contribution in [1.29, 1.82) is 0 Å². The van der Waals surface area contributed by atoms with E-state index in [0.29, 0.717) is 44.4 Å². The van der Waals surface area contributed by atoms with Crippen LogP contribution in [-0.4, -0.2) is 51.1 Å². The van der Waals surface area contributed by atoms with E-state index in [1.807, 2.05) is 12.1 Å². The van der Waals surface area contributed by atoms with Gasteiger partial charge in [-0.15, -0.1) is 11.3 Å². The van der Waals surface area contributed by atoms with Crippen molar-refractivity contribution >= 4 is 35.0 Å². The van der Waals surface area contributed by atoms with Crippen LogP contribution >= 0.6 is 19.2 Å². The monoisotopic (exact) mass is 560 g/mol. The summed E-state index contributed by atoms with van der Waals surface area (Å²) in [5, 5.41) is 0.585. The minimum Gasteiger partial charge on any atom is -0.496 e. The maximum absolute atomic E-state index is 14.2. The zero-order chi connectivity index (χ0) is 27.6. The number of fused-ring (bicyclic) bond motifs is 1. The van der Waals surface area contributed by atoms with Crippen LogP contribution in [0.3, 0.4) is 0 Å². The number of methoxy groups -OCH3 is 5. The maximum atomic E-state index is 14.2. The average Bonchev–Trinajstić information content (AvgIpc) is 3.30. The fraction of sp³-hybridized carbons (Fsp3) is 0.192. The Morgan fingerprint density at radius 2 is 1.39 bits per heavy atom. The summed E-state index contributed by atoms with van der Waals surface area (Å²) in [7, 11) is 2.36. The Labute approximate surface area is 222 Å². The van der Waals surface area contributed by atoms with Gasteiger partial charge in [0.1, 0.15) is 5.75 Å². The maximum Gasteiger partial charge on any atom is 0.524 e. The smallest absolute Gasteiger partial charge is 0.496 e. The molecule has 4 rings (SSSR count). The molecule has 0 atom stereocenters. The predicted octanol–water partition coefficient (Wildman–Crippen LogP) is 5.31. The van der Waals surface area contributed by atoms with Gasteiger partial charge in [-0.25, -0.2) is 4.57 Å². The van der Waals surface area contributed by atoms with E-state index in [0.717, 1.165) is 4.70 Å². The second-order valence-corrected chi connectivity index (χ2v) is 10.0. The lowest BCUT2D eigenvalue weighted by Crippen LogP contribution is -2.05. The lowest BCUT2D eigenvalue weighted by molar-refractivity contribution is 0.104. The van der Waals surface area contributed by atoms with Crippen LogP contribution in [0.4, 0.5) is 0 Å². The van der Waals surface area contributed by atoms with Crippen LogP contribution in [0.15, 0.2) is 48.5 Å². The fourth-order valence-electron chi connectivity index (χ4n) is 4.08. The van der Waals surface area contributed by atoms with Gasteiger partial charge in [0.15, 0.2) is 28.8 Å². The van der Waals surface area contributed by atoms with Gasteiger partial charge >= 0.3 is 7.82 Å². The number of hydrogen-bond acceptors (Lipinski definition) is 9. The van der Waals surface area contributed by atoms with E-state index >= 15 is 0 Å². The van der Waals surface area contributed by atoms with Crippen molar-refractivity contribution in [3.05, 3.63) is 59.7 Å². The van der Waals surface area contributed by atoms with Gasteiger partial charge in [0, 0.05) is 20.5 Å². The lowest BCUT2D eigenvalue weighted by atomic mass is 9.96. The molecule has 12 heteroatoms. The van der Waals surface area contributed by atoms with Crippen molar-refractivity contribution in [2.75, 3.05) is 35.5 Å². The molecule has 1 aromatic heterocycles. The van der Waals surface area contributed by atoms with E-state index in [-0.39, 0.29) is 22.8 Å². The highest BCUT2D eigenvalue weighted by Gasteiger charge is 2.27. The van der Waals surface area contributed by atoms with E-state index in [4.69, 9.17) is 28.2 Å². The molecule has 2 N–H and O–H groups in total. The molecule has 0 aliphatic heterocycles. The molecule has 0 radical (unpaired) electrons. The number of ether oxygens (including phenoxy) is 5. The van der Waals surface area contributed by atoms with Crippen LogP contribution in [0.25, 0.3) is 20.5 Å². The second kappa shape index (κ2) is 10.9. The molecule has 1 heterocycles. The largest absolute Gasteiger partial charge is 0.524 e. The van der Waals surface area contributed by atoms with Gasteiger partial charge in [-0.3, -0.25) is 14.6 Å². The van der Waals surface area contributed by atoms with Crippen molar-refractivity contribution in [2.24, 2.45) is 0 Å². The van der Waals surface area contributed by atoms with E-state index in [1.165, 1.54) is 59.0 Å². The molecule has 38 heavy (non-hydrogen) atoms. The second-order valence-electron chi connectivity index (χ2n) is 7.83. The Balaban J connectivity index is 2.00. The summed E-state index contributed by atoms with van der Waals surface area (Å²) in [5.74, 6) is 1.04. The summed E-state index contributed by atoms with van der Waals surface area (Å²) in [6, 6.07) is 13.1. The number of rotatable bonds is 10. The normalized spacial score (nSPS) is 11.2. The van der Waals surface area contributed by atoms with E-state index in [9.17, 15) is 19.1 Å². The highest BCUT2D eigenvalue weighted by Crippen LogP contribution is 2.48. The third-order valence-corrected chi connectivity index (χ3v) is 7.33. The van der Waals surface area contributed by atoms with Gasteiger partial charge in [-0.2, -0.15) is 0 Å². The van der Waals surface area contributed by atoms with Gasteiger partial charge in [0.25, 0.3) is 0 Å². The van der Waals surface area contributed by atoms with Crippen molar-refractivity contribution in [3.8, 4) is 44.9 Å². The molecule has 0 aliphatic carbocycles. The predicted molar refractivity (Wildman–Crippen MR) is 143 cm³/mol. The summed E-state index contributed by atoms with van der Waals surface area (Å²) < 4.78 is 44.3. The first-order valence-electron chi connectivity index (χ1n) is 11.0. The number of benzene rings is 3. The summed E-state index contributed by atoms with van der Waals surface area (Å²) in [5.41, 5.74) is 1.07. The average molecular weight is 561 g/mol. The zero-order valence-electron chi connectivity index (χ0n) is 21.1. The summed E-state index contributed by atoms with van der Waals surface area (Å²) in [6.45, 7) is 0. The molecule has 0 spiro atoms. The summed E-state index contributed by atoms with van der Waals surface area (Å²) in [6.07, 6.45) is 0. The molecular formula is C26H25O10PS. The van der Waals surface area contributed by atoms with Gasteiger partial charge in [-0.05, 0) is 48.0 Å². The molecular weight excluding hydrogens is 535 g/mol. The highest BCUT2D eigenvalue weighted by atomic mass is 32.1. The van der Waals surface area contributed by atoms with Crippen LogP contribution in [0.2, 0.25) is 0 Å². The Morgan fingerprint density at radius 3 is 1.95 bits per heavy atom. The molecule has 0 unspecified atom stereocenters. The summed E-state index contributed by atoms with van der Waals surface area (Å²) in [4.78, 5) is 33.5. The van der Waals surface area contributed by atoms with Crippen LogP contribution in [0, 0.1) is 0 Å². The van der Waals surface area contributed by atoms with E-state index in [2.05, 4.69) is 0 Å². The zero-order valence-corrected chi connectivity index (χ0v) is 22.8. The van der Waals surface area contributed by atoms with Crippen LogP contribution < -0.4 is 28.2 Å². The Bertz CT molecular complexity index is 1530. The first-order chi connectivity index (χ1) is 18.1. The van der Waals surface area contributed by atoms with Crippen LogP contribution in [-0.2, 0) is 4.57 Å². The van der Waals surface area contributed by atoms with E-state index in [1.54, 1.807) is 24.3 Å². The molecule has 0 amide bonds. The van der Waals surface area contributed by atoms with Crippen LogP contribution in [0.5, 0.6) is 34.5 Å². The molecule has 0 aliphatic rings. The van der Waals surface area contributed by atoms with E-state index < -0.39 is 7.82 Å². The van der Waals surface area contributed by atoms with Gasteiger partial charge in [0.2, 0.25) is 5.75 Å². The Morgan fingerprint density at radius 1 is 0.763 bits per heavy atom. The van der Waals surface area contributed by atoms with Crippen molar-refractivity contribution < 1.29 is 47.4 Å². The molecule has 4 aromatic rings. The number of ketones is 1. The number of thiophene rings is 1. The number of phosphoric acid groups is 1. The standard InChI is InChI=1S/C26H25O10PS/c1-31-16-10-9-14(11-18(16)36-37(28,29)30)26-23(22-17(32-2)7-6-8-21(22)38-26)24(27)15-12-19(33-3)25(35-5)20(13-15)34-4/h6-13H,1-5H3,(H2,28,29,30). The molecule has 0 bridgehead atoms. The first kappa shape index (κ1) is 27.3. The van der Waals surface area contributed by atoms with Crippen molar-refractivity contribution in [3.63, 3.8) is 0 Å². The molecule has 10 nitrogen and oxygen atoms in total. The number of phosphoric ester groups is 1.